The molecule has 0 saturated carbocycles. The van der Waals surface area contributed by atoms with Crippen LogP contribution in [0, 0.1) is 0 Å². The van der Waals surface area contributed by atoms with Gasteiger partial charge in [-0.25, -0.2) is 4.79 Å². The van der Waals surface area contributed by atoms with Crippen molar-refractivity contribution in [3.05, 3.63) is 35.9 Å². The van der Waals surface area contributed by atoms with Crippen molar-refractivity contribution >= 4 is 18.2 Å². The van der Waals surface area contributed by atoms with Crippen molar-refractivity contribution < 1.29 is 14.4 Å². The van der Waals surface area contributed by atoms with Crippen molar-refractivity contribution in [2.75, 3.05) is 13.2 Å². The Labute approximate surface area is 118 Å². The van der Waals surface area contributed by atoms with Crippen LogP contribution < -0.4 is 10.6 Å². The monoisotopic (exact) mass is 277 g/mol. The van der Waals surface area contributed by atoms with Crippen LogP contribution in [-0.4, -0.2) is 31.3 Å². The number of carbonyl (C=O) groups excluding carboxylic acids is 2. The number of nitrogens with one attached hydrogen (secondary N) is 2. The summed E-state index contributed by atoms with van der Waals surface area (Å²) in [7, 11) is 0. The first-order valence-corrected chi connectivity index (χ1v) is 6.50. The molecule has 0 aliphatic heterocycles. The average molecular weight is 277 g/mol. The highest BCUT2D eigenvalue weighted by molar-refractivity contribution is 5.94. The van der Waals surface area contributed by atoms with Crippen LogP contribution in [0.4, 0.5) is 4.79 Å². The molecule has 1 aromatic carbocycles. The van der Waals surface area contributed by atoms with E-state index >= 15 is 0 Å². The lowest BCUT2D eigenvalue weighted by Crippen LogP contribution is -2.41. The van der Waals surface area contributed by atoms with Crippen LogP contribution in [0.3, 0.4) is 0 Å². The molecule has 0 aliphatic carbocycles. The van der Waals surface area contributed by atoms with Gasteiger partial charge in [-0.05, 0) is 12.0 Å². The molecule has 0 unspecified atom stereocenters. The van der Waals surface area contributed by atoms with Gasteiger partial charge in [0.2, 0.25) is 0 Å². The number of hydrogen-bond donors (Lipinski definition) is 2. The van der Waals surface area contributed by atoms with E-state index in [0.29, 0.717) is 6.54 Å². The third-order valence-electron chi connectivity index (χ3n) is 2.34. The Morgan fingerprint density at radius 2 is 2.05 bits per heavy atom. The van der Waals surface area contributed by atoms with E-state index in [1.54, 1.807) is 0 Å². The SMILES string of the molecule is CCCCNC(=O)NC(=O)CO/N=C\c1ccccc1. The fourth-order valence-electron chi connectivity index (χ4n) is 1.32. The maximum Gasteiger partial charge on any atom is 0.321 e. The topological polar surface area (TPSA) is 79.8 Å². The number of rotatable bonds is 7. The van der Waals surface area contributed by atoms with E-state index in [1.807, 2.05) is 37.3 Å². The number of unbranched alkanes of at least 4 members (excludes halogenated alkanes) is 1. The second-order valence-corrected chi connectivity index (χ2v) is 4.08. The van der Waals surface area contributed by atoms with Gasteiger partial charge in [0.05, 0.1) is 6.21 Å². The lowest BCUT2D eigenvalue weighted by atomic mass is 10.2. The molecule has 0 atom stereocenters. The van der Waals surface area contributed by atoms with Gasteiger partial charge in [-0.3, -0.25) is 10.1 Å². The molecular weight excluding hydrogens is 258 g/mol. The zero-order valence-corrected chi connectivity index (χ0v) is 11.5. The number of oxime groups is 1. The van der Waals surface area contributed by atoms with Crippen molar-refractivity contribution in [1.29, 1.82) is 0 Å². The fourth-order valence-corrected chi connectivity index (χ4v) is 1.32. The summed E-state index contributed by atoms with van der Waals surface area (Å²) in [6.07, 6.45) is 3.35. The highest BCUT2D eigenvalue weighted by Gasteiger charge is 2.06. The van der Waals surface area contributed by atoms with Gasteiger partial charge in [0.25, 0.3) is 5.91 Å². The molecule has 0 aromatic heterocycles. The largest absolute Gasteiger partial charge is 0.386 e. The Hall–Kier alpha value is -2.37. The molecular formula is C14H19N3O3. The van der Waals surface area contributed by atoms with Crippen LogP contribution in [0.2, 0.25) is 0 Å². The predicted octanol–water partition coefficient (Wildman–Crippen LogP) is 1.66. The van der Waals surface area contributed by atoms with Crippen molar-refractivity contribution in [3.8, 4) is 0 Å². The molecule has 0 saturated heterocycles. The Bertz CT molecular complexity index is 446. The van der Waals surface area contributed by atoms with E-state index in [0.717, 1.165) is 18.4 Å². The molecule has 0 spiro atoms. The van der Waals surface area contributed by atoms with E-state index < -0.39 is 11.9 Å². The molecule has 0 fully saturated rings. The molecule has 3 amide bonds. The van der Waals surface area contributed by atoms with Gasteiger partial charge in [0, 0.05) is 6.54 Å². The first-order valence-electron chi connectivity index (χ1n) is 6.50. The van der Waals surface area contributed by atoms with Crippen LogP contribution in [0.1, 0.15) is 25.3 Å². The second kappa shape index (κ2) is 9.55. The molecule has 1 aromatic rings. The Balaban J connectivity index is 2.17. The van der Waals surface area contributed by atoms with E-state index in [9.17, 15) is 9.59 Å². The smallest absolute Gasteiger partial charge is 0.321 e. The van der Waals surface area contributed by atoms with Gasteiger partial charge in [0.1, 0.15) is 0 Å². The van der Waals surface area contributed by atoms with Crippen molar-refractivity contribution in [2.24, 2.45) is 5.16 Å². The lowest BCUT2D eigenvalue weighted by molar-refractivity contribution is -0.124. The Morgan fingerprint density at radius 3 is 2.75 bits per heavy atom. The van der Waals surface area contributed by atoms with Crippen LogP contribution in [0.25, 0.3) is 0 Å². The van der Waals surface area contributed by atoms with Gasteiger partial charge in [-0.15, -0.1) is 0 Å². The first-order chi connectivity index (χ1) is 9.72. The summed E-state index contributed by atoms with van der Waals surface area (Å²) in [6, 6.07) is 8.83. The normalized spacial score (nSPS) is 10.2. The van der Waals surface area contributed by atoms with Gasteiger partial charge in [-0.2, -0.15) is 0 Å². The van der Waals surface area contributed by atoms with Gasteiger partial charge >= 0.3 is 6.03 Å². The van der Waals surface area contributed by atoms with E-state index in [2.05, 4.69) is 15.8 Å². The molecule has 1 rings (SSSR count). The summed E-state index contributed by atoms with van der Waals surface area (Å²) in [5.41, 5.74) is 0.866. The molecule has 108 valence electrons. The fraction of sp³-hybridized carbons (Fsp3) is 0.357. The number of amides is 3. The third kappa shape index (κ3) is 7.15. The number of urea groups is 1. The minimum absolute atomic E-state index is 0.301. The van der Waals surface area contributed by atoms with E-state index in [-0.39, 0.29) is 6.61 Å². The van der Waals surface area contributed by atoms with Crippen molar-refractivity contribution in [2.45, 2.75) is 19.8 Å². The predicted molar refractivity (Wildman–Crippen MR) is 76.4 cm³/mol. The van der Waals surface area contributed by atoms with Gasteiger partial charge in [0.15, 0.2) is 6.61 Å². The maximum atomic E-state index is 11.3. The summed E-state index contributed by atoms with van der Waals surface area (Å²) in [5, 5.41) is 8.36. The minimum Gasteiger partial charge on any atom is -0.386 e. The number of carbonyl (C=O) groups is 2. The van der Waals surface area contributed by atoms with Gasteiger partial charge in [-0.1, -0.05) is 48.8 Å². The molecule has 20 heavy (non-hydrogen) atoms. The second-order valence-electron chi connectivity index (χ2n) is 4.08. The first kappa shape index (κ1) is 15.7. The summed E-state index contributed by atoms with van der Waals surface area (Å²) in [6.45, 7) is 2.26. The molecule has 0 bridgehead atoms. The summed E-state index contributed by atoms with van der Waals surface area (Å²) >= 11 is 0. The number of nitrogens with zero attached hydrogens (tertiary/aromatic N) is 1. The van der Waals surface area contributed by atoms with Crippen LogP contribution in [-0.2, 0) is 9.63 Å². The molecule has 0 aliphatic rings. The minimum atomic E-state index is -0.538. The Kier molecular flexibility index (Phi) is 7.49. The molecule has 2 N–H and O–H groups in total. The molecule has 0 heterocycles. The number of benzene rings is 1. The summed E-state index contributed by atoms with van der Waals surface area (Å²) in [4.78, 5) is 27.4. The number of hydrogen-bond acceptors (Lipinski definition) is 4. The zero-order chi connectivity index (χ0) is 14.6. The van der Waals surface area contributed by atoms with E-state index in [4.69, 9.17) is 4.84 Å². The third-order valence-corrected chi connectivity index (χ3v) is 2.34. The maximum absolute atomic E-state index is 11.3. The van der Waals surface area contributed by atoms with Crippen LogP contribution in [0.5, 0.6) is 0 Å². The molecule has 6 heteroatoms. The summed E-state index contributed by atoms with van der Waals surface area (Å²) in [5.74, 6) is -0.538. The molecule has 0 radical (unpaired) electrons. The number of imide groups is 1. The molecule has 6 nitrogen and oxygen atoms in total. The van der Waals surface area contributed by atoms with Crippen LogP contribution in [0.15, 0.2) is 35.5 Å². The summed E-state index contributed by atoms with van der Waals surface area (Å²) < 4.78 is 0. The van der Waals surface area contributed by atoms with Crippen LogP contribution >= 0.6 is 0 Å². The van der Waals surface area contributed by atoms with Crippen molar-refractivity contribution in [3.63, 3.8) is 0 Å². The highest BCUT2D eigenvalue weighted by Crippen LogP contribution is 1.93. The standard InChI is InChI=1S/C14H19N3O3/c1-2-3-9-15-14(19)17-13(18)11-20-16-10-12-7-5-4-6-8-12/h4-8,10H,2-3,9,11H2,1H3,(H2,15,17,18,19)/b16-10-. The van der Waals surface area contributed by atoms with E-state index in [1.165, 1.54) is 6.21 Å². The average Bonchev–Trinajstić information content (AvgIpc) is 2.45. The quantitative estimate of drug-likeness (QED) is 0.452. The van der Waals surface area contributed by atoms with Crippen molar-refractivity contribution in [1.82, 2.24) is 10.6 Å². The Morgan fingerprint density at radius 1 is 1.30 bits per heavy atom. The highest BCUT2D eigenvalue weighted by atomic mass is 16.6. The lowest BCUT2D eigenvalue weighted by Gasteiger charge is -2.05. The zero-order valence-electron chi connectivity index (χ0n) is 11.5. The van der Waals surface area contributed by atoms with Gasteiger partial charge < -0.3 is 10.2 Å².